The molecule has 20 heavy (non-hydrogen) atoms. The zero-order chi connectivity index (χ0) is 14.4. The van der Waals surface area contributed by atoms with Gasteiger partial charge in [0, 0.05) is 11.0 Å². The van der Waals surface area contributed by atoms with Crippen LogP contribution in [0.2, 0.25) is 0 Å². The Morgan fingerprint density at radius 1 is 1.15 bits per heavy atom. The van der Waals surface area contributed by atoms with Crippen LogP contribution in [-0.2, 0) is 0 Å². The minimum atomic E-state index is 0.0247. The van der Waals surface area contributed by atoms with Gasteiger partial charge in [0.15, 0.2) is 0 Å². The Hall–Kier alpha value is -1.32. The van der Waals surface area contributed by atoms with Crippen LogP contribution in [0.3, 0.4) is 0 Å². The molecule has 2 aromatic carbocycles. The molecular formula is C17H20BrNO. The van der Waals surface area contributed by atoms with Crippen molar-refractivity contribution in [3.8, 4) is 5.75 Å². The van der Waals surface area contributed by atoms with E-state index in [-0.39, 0.29) is 6.10 Å². The maximum absolute atomic E-state index is 6.16. The molecule has 0 aliphatic carbocycles. The van der Waals surface area contributed by atoms with E-state index in [2.05, 4.69) is 53.3 Å². The van der Waals surface area contributed by atoms with E-state index in [1.165, 1.54) is 11.1 Å². The Morgan fingerprint density at radius 2 is 1.90 bits per heavy atom. The average molecular weight is 334 g/mol. The maximum Gasteiger partial charge on any atom is 0.136 e. The summed E-state index contributed by atoms with van der Waals surface area (Å²) < 4.78 is 7.26. The number of nitrogens with one attached hydrogen (secondary N) is 1. The van der Waals surface area contributed by atoms with Crippen LogP contribution < -0.4 is 10.1 Å². The third-order valence-electron chi connectivity index (χ3n) is 3.16. The van der Waals surface area contributed by atoms with Crippen molar-refractivity contribution in [3.63, 3.8) is 0 Å². The fourth-order valence-corrected chi connectivity index (χ4v) is 2.27. The van der Waals surface area contributed by atoms with Crippen LogP contribution in [0.15, 0.2) is 53.0 Å². The molecule has 3 heteroatoms. The van der Waals surface area contributed by atoms with Crippen molar-refractivity contribution >= 4 is 15.9 Å². The molecule has 0 radical (unpaired) electrons. The molecule has 0 saturated carbocycles. The Morgan fingerprint density at radius 3 is 2.55 bits per heavy atom. The first-order chi connectivity index (χ1) is 9.70. The predicted molar refractivity (Wildman–Crippen MR) is 87.2 cm³/mol. The molecule has 0 aliphatic heterocycles. The SMILES string of the molecule is CCNCC(Oc1ccc(Br)c(C)c1)c1ccccc1. The highest BCUT2D eigenvalue weighted by molar-refractivity contribution is 9.10. The Labute approximate surface area is 129 Å². The molecule has 0 saturated heterocycles. The summed E-state index contributed by atoms with van der Waals surface area (Å²) in [6.07, 6.45) is 0.0247. The van der Waals surface area contributed by atoms with E-state index in [4.69, 9.17) is 4.74 Å². The second-order valence-electron chi connectivity index (χ2n) is 4.74. The number of ether oxygens (including phenoxy) is 1. The maximum atomic E-state index is 6.16. The topological polar surface area (TPSA) is 21.3 Å². The van der Waals surface area contributed by atoms with Gasteiger partial charge in [-0.3, -0.25) is 0 Å². The van der Waals surface area contributed by atoms with E-state index in [1.807, 2.05) is 30.3 Å². The first-order valence-electron chi connectivity index (χ1n) is 6.89. The number of rotatable bonds is 6. The van der Waals surface area contributed by atoms with Crippen LogP contribution in [0.1, 0.15) is 24.2 Å². The molecule has 0 aromatic heterocycles. The number of hydrogen-bond donors (Lipinski definition) is 1. The molecule has 0 heterocycles. The minimum absolute atomic E-state index is 0.0247. The first-order valence-corrected chi connectivity index (χ1v) is 7.68. The summed E-state index contributed by atoms with van der Waals surface area (Å²) in [6.45, 7) is 5.91. The van der Waals surface area contributed by atoms with Gasteiger partial charge in [-0.15, -0.1) is 0 Å². The van der Waals surface area contributed by atoms with E-state index in [1.54, 1.807) is 0 Å². The summed E-state index contributed by atoms with van der Waals surface area (Å²) >= 11 is 3.51. The zero-order valence-electron chi connectivity index (χ0n) is 11.9. The van der Waals surface area contributed by atoms with Crippen molar-refractivity contribution < 1.29 is 4.74 Å². The molecule has 106 valence electrons. The van der Waals surface area contributed by atoms with Gasteiger partial charge < -0.3 is 10.1 Å². The number of halogens is 1. The van der Waals surface area contributed by atoms with Gasteiger partial charge in [-0.25, -0.2) is 0 Å². The van der Waals surface area contributed by atoms with Gasteiger partial charge in [0.2, 0.25) is 0 Å². The first kappa shape index (κ1) is 15.1. The van der Waals surface area contributed by atoms with Gasteiger partial charge in [0.05, 0.1) is 0 Å². The minimum Gasteiger partial charge on any atom is -0.484 e. The van der Waals surface area contributed by atoms with E-state index >= 15 is 0 Å². The highest BCUT2D eigenvalue weighted by atomic mass is 79.9. The fraction of sp³-hybridized carbons (Fsp3) is 0.294. The van der Waals surface area contributed by atoms with Gasteiger partial charge in [-0.1, -0.05) is 53.2 Å². The molecule has 2 rings (SSSR count). The molecule has 2 nitrogen and oxygen atoms in total. The highest BCUT2D eigenvalue weighted by Gasteiger charge is 2.13. The van der Waals surface area contributed by atoms with Gasteiger partial charge in [-0.05, 0) is 42.8 Å². The fourth-order valence-electron chi connectivity index (χ4n) is 2.03. The lowest BCUT2D eigenvalue weighted by atomic mass is 10.1. The lowest BCUT2D eigenvalue weighted by Crippen LogP contribution is -2.24. The summed E-state index contributed by atoms with van der Waals surface area (Å²) in [6, 6.07) is 16.4. The summed E-state index contributed by atoms with van der Waals surface area (Å²) in [5.74, 6) is 0.900. The Bertz CT molecular complexity index is 542. The monoisotopic (exact) mass is 333 g/mol. The van der Waals surface area contributed by atoms with Crippen molar-refractivity contribution in [1.29, 1.82) is 0 Å². The summed E-state index contributed by atoms with van der Waals surface area (Å²) in [4.78, 5) is 0. The summed E-state index contributed by atoms with van der Waals surface area (Å²) in [7, 11) is 0. The van der Waals surface area contributed by atoms with Gasteiger partial charge in [-0.2, -0.15) is 0 Å². The molecule has 1 atom stereocenters. The average Bonchev–Trinajstić information content (AvgIpc) is 2.48. The van der Waals surface area contributed by atoms with Gasteiger partial charge >= 0.3 is 0 Å². The van der Waals surface area contributed by atoms with Crippen molar-refractivity contribution in [3.05, 3.63) is 64.1 Å². The van der Waals surface area contributed by atoms with Crippen LogP contribution in [0.25, 0.3) is 0 Å². The molecular weight excluding hydrogens is 314 g/mol. The smallest absolute Gasteiger partial charge is 0.136 e. The van der Waals surface area contributed by atoms with E-state index in [9.17, 15) is 0 Å². The van der Waals surface area contributed by atoms with Crippen LogP contribution in [0.5, 0.6) is 5.75 Å². The highest BCUT2D eigenvalue weighted by Crippen LogP contribution is 2.26. The second kappa shape index (κ2) is 7.46. The lowest BCUT2D eigenvalue weighted by molar-refractivity contribution is 0.202. The summed E-state index contributed by atoms with van der Waals surface area (Å²) in [5.41, 5.74) is 2.37. The molecule has 0 fully saturated rings. The predicted octanol–water partition coefficient (Wildman–Crippen LogP) is 4.49. The van der Waals surface area contributed by atoms with Gasteiger partial charge in [0.25, 0.3) is 0 Å². The number of aryl methyl sites for hydroxylation is 1. The van der Waals surface area contributed by atoms with Crippen LogP contribution in [0, 0.1) is 6.92 Å². The van der Waals surface area contributed by atoms with Crippen molar-refractivity contribution in [2.24, 2.45) is 0 Å². The second-order valence-corrected chi connectivity index (χ2v) is 5.59. The number of likely N-dealkylation sites (N-methyl/N-ethyl adjacent to an activating group) is 1. The largest absolute Gasteiger partial charge is 0.484 e. The van der Waals surface area contributed by atoms with E-state index in [0.717, 1.165) is 23.3 Å². The van der Waals surface area contributed by atoms with Gasteiger partial charge in [0.1, 0.15) is 11.9 Å². The van der Waals surface area contributed by atoms with Crippen LogP contribution in [-0.4, -0.2) is 13.1 Å². The molecule has 0 amide bonds. The standard InChI is InChI=1S/C17H20BrNO/c1-3-19-12-17(14-7-5-4-6-8-14)20-15-9-10-16(18)13(2)11-15/h4-11,17,19H,3,12H2,1-2H3. The van der Waals surface area contributed by atoms with Crippen LogP contribution >= 0.6 is 15.9 Å². The number of hydrogen-bond acceptors (Lipinski definition) is 2. The third-order valence-corrected chi connectivity index (χ3v) is 4.05. The van der Waals surface area contributed by atoms with Crippen molar-refractivity contribution in [2.75, 3.05) is 13.1 Å². The molecule has 1 N–H and O–H groups in total. The van der Waals surface area contributed by atoms with Crippen molar-refractivity contribution in [2.45, 2.75) is 20.0 Å². The lowest BCUT2D eigenvalue weighted by Gasteiger charge is -2.20. The molecule has 0 bridgehead atoms. The van der Waals surface area contributed by atoms with Crippen molar-refractivity contribution in [1.82, 2.24) is 5.32 Å². The van der Waals surface area contributed by atoms with E-state index in [0.29, 0.717) is 0 Å². The molecule has 1 unspecified atom stereocenters. The Balaban J connectivity index is 2.17. The zero-order valence-corrected chi connectivity index (χ0v) is 13.5. The summed E-state index contributed by atoms with van der Waals surface area (Å²) in [5, 5.41) is 3.36. The molecule has 2 aromatic rings. The Kier molecular flexibility index (Phi) is 5.62. The number of benzene rings is 2. The normalized spacial score (nSPS) is 12.2. The molecule has 0 aliphatic rings. The third kappa shape index (κ3) is 4.09. The van der Waals surface area contributed by atoms with E-state index < -0.39 is 0 Å². The molecule has 0 spiro atoms. The van der Waals surface area contributed by atoms with Crippen LogP contribution in [0.4, 0.5) is 0 Å². The quantitative estimate of drug-likeness (QED) is 0.841.